The first-order valence-electron chi connectivity index (χ1n) is 10.1. The Morgan fingerprint density at radius 1 is 1.23 bits per heavy atom. The average molecular weight is 399 g/mol. The highest BCUT2D eigenvalue weighted by atomic mass is 33.1. The summed E-state index contributed by atoms with van der Waals surface area (Å²) < 4.78 is 4.67. The Morgan fingerprint density at radius 2 is 2.04 bits per heavy atom. The zero-order valence-electron chi connectivity index (χ0n) is 16.1. The number of hydrogen-bond donors (Lipinski definition) is 1. The minimum Gasteiger partial charge on any atom is -0.469 e. The molecule has 0 spiro atoms. The standard InChI is InChI=1S/C21H34O3S2/c1-3-4-7-10-16(22)13-14-18-17(19-15-20(18)26-25-19)11-8-5-6-9-12-21(23)24-2/h5,8,13-14,16-20,22H,3-4,6-7,9-12,15H2,1-2H3/b8-5-,14-13+/t16-,17+,18+,19+,20-/m0/s1. The number of hydrogen-bond acceptors (Lipinski definition) is 5. The summed E-state index contributed by atoms with van der Waals surface area (Å²) in [5.41, 5.74) is 0. The van der Waals surface area contributed by atoms with Crippen LogP contribution in [0.4, 0.5) is 0 Å². The van der Waals surface area contributed by atoms with Gasteiger partial charge in [0.05, 0.1) is 13.2 Å². The minimum absolute atomic E-state index is 0.123. The van der Waals surface area contributed by atoms with Gasteiger partial charge in [0.15, 0.2) is 0 Å². The van der Waals surface area contributed by atoms with E-state index in [4.69, 9.17) is 0 Å². The van der Waals surface area contributed by atoms with Crippen molar-refractivity contribution >= 4 is 27.6 Å². The molecule has 0 aromatic rings. The Balaban J connectivity index is 1.76. The average Bonchev–Trinajstić information content (AvgIpc) is 3.24. The first-order chi connectivity index (χ1) is 12.7. The van der Waals surface area contributed by atoms with Crippen LogP contribution >= 0.6 is 21.6 Å². The topological polar surface area (TPSA) is 46.5 Å². The quantitative estimate of drug-likeness (QED) is 0.202. The molecule has 2 rings (SSSR count). The number of esters is 1. The SMILES string of the molecule is CCCCC[C@H](O)/C=C/[C@@H]1[C@@H](C/C=C\CCCC(=O)OC)[C@H]2C[C@@H]1SS2. The van der Waals surface area contributed by atoms with Crippen LogP contribution in [0.15, 0.2) is 24.3 Å². The molecule has 0 aromatic carbocycles. The van der Waals surface area contributed by atoms with Crippen molar-refractivity contribution in [3.63, 3.8) is 0 Å². The van der Waals surface area contributed by atoms with Crippen molar-refractivity contribution in [1.29, 1.82) is 0 Å². The molecule has 1 saturated heterocycles. The number of allylic oxidation sites excluding steroid dienone is 3. The Morgan fingerprint density at radius 3 is 2.81 bits per heavy atom. The molecule has 2 fully saturated rings. The van der Waals surface area contributed by atoms with Crippen LogP contribution in [0.3, 0.4) is 0 Å². The summed E-state index contributed by atoms with van der Waals surface area (Å²) in [7, 11) is 5.54. The third kappa shape index (κ3) is 6.97. The summed E-state index contributed by atoms with van der Waals surface area (Å²) in [5.74, 6) is 1.15. The van der Waals surface area contributed by atoms with Gasteiger partial charge >= 0.3 is 5.97 Å². The number of rotatable bonds is 12. The van der Waals surface area contributed by atoms with E-state index in [9.17, 15) is 9.90 Å². The molecule has 148 valence electrons. The molecule has 0 aromatic heterocycles. The van der Waals surface area contributed by atoms with Gasteiger partial charge in [0.25, 0.3) is 0 Å². The van der Waals surface area contributed by atoms with Gasteiger partial charge in [-0.15, -0.1) is 0 Å². The van der Waals surface area contributed by atoms with E-state index in [1.54, 1.807) is 0 Å². The molecule has 1 saturated carbocycles. The summed E-state index contributed by atoms with van der Waals surface area (Å²) in [4.78, 5) is 11.1. The minimum atomic E-state index is -0.284. The first kappa shape index (κ1) is 21.9. The fraction of sp³-hybridized carbons (Fsp3) is 0.762. The Hall–Kier alpha value is -0.390. The number of methoxy groups -OCH3 is 1. The van der Waals surface area contributed by atoms with Crippen molar-refractivity contribution in [3.8, 4) is 0 Å². The smallest absolute Gasteiger partial charge is 0.305 e. The van der Waals surface area contributed by atoms with Crippen LogP contribution in [0.5, 0.6) is 0 Å². The largest absolute Gasteiger partial charge is 0.469 e. The number of aliphatic hydroxyl groups is 1. The predicted octanol–water partition coefficient (Wildman–Crippen LogP) is 5.54. The number of unbranched alkanes of at least 4 members (excludes halogenated alkanes) is 3. The second-order valence-corrected chi connectivity index (χ2v) is 10.1. The number of aliphatic hydroxyl groups excluding tert-OH is 1. The Kier molecular flexibility index (Phi) is 10.2. The molecule has 1 aliphatic heterocycles. The van der Waals surface area contributed by atoms with Gasteiger partial charge in [-0.25, -0.2) is 0 Å². The normalized spacial score (nSPS) is 29.0. The highest BCUT2D eigenvalue weighted by Crippen LogP contribution is 2.59. The summed E-state index contributed by atoms with van der Waals surface area (Å²) in [6.07, 6.45) is 17.7. The number of carbonyl (C=O) groups excluding carboxylic acids is 1. The molecule has 2 bridgehead atoms. The lowest BCUT2D eigenvalue weighted by Gasteiger charge is -2.27. The fourth-order valence-electron chi connectivity index (χ4n) is 3.81. The second-order valence-electron chi connectivity index (χ2n) is 7.37. The van der Waals surface area contributed by atoms with E-state index in [0.717, 1.165) is 37.4 Å². The van der Waals surface area contributed by atoms with Gasteiger partial charge in [-0.05, 0) is 43.9 Å². The van der Waals surface area contributed by atoms with E-state index in [-0.39, 0.29) is 12.1 Å². The van der Waals surface area contributed by atoms with E-state index in [0.29, 0.717) is 23.5 Å². The van der Waals surface area contributed by atoms with Crippen molar-refractivity contribution in [2.24, 2.45) is 11.8 Å². The predicted molar refractivity (Wildman–Crippen MR) is 113 cm³/mol. The molecule has 1 heterocycles. The Bertz CT molecular complexity index is 478. The van der Waals surface area contributed by atoms with Crippen LogP contribution in [-0.2, 0) is 9.53 Å². The molecule has 0 radical (unpaired) electrons. The molecule has 1 aliphatic carbocycles. The van der Waals surface area contributed by atoms with Gasteiger partial charge in [-0.1, -0.05) is 72.1 Å². The summed E-state index contributed by atoms with van der Waals surface area (Å²) in [6.45, 7) is 2.19. The van der Waals surface area contributed by atoms with Crippen LogP contribution < -0.4 is 0 Å². The molecule has 1 N–H and O–H groups in total. The lowest BCUT2D eigenvalue weighted by Crippen LogP contribution is -2.20. The highest BCUT2D eigenvalue weighted by molar-refractivity contribution is 8.77. The third-order valence-electron chi connectivity index (χ3n) is 5.38. The van der Waals surface area contributed by atoms with Crippen LogP contribution in [0.25, 0.3) is 0 Å². The summed E-state index contributed by atoms with van der Waals surface area (Å²) >= 11 is 0. The highest BCUT2D eigenvalue weighted by Gasteiger charge is 2.47. The van der Waals surface area contributed by atoms with E-state index in [1.165, 1.54) is 26.4 Å². The molecule has 5 atom stereocenters. The van der Waals surface area contributed by atoms with Gasteiger partial charge in [0.1, 0.15) is 0 Å². The molecule has 5 heteroatoms. The molecular weight excluding hydrogens is 364 g/mol. The van der Waals surface area contributed by atoms with Crippen molar-refractivity contribution in [2.75, 3.05) is 7.11 Å². The van der Waals surface area contributed by atoms with E-state index in [1.807, 2.05) is 10.8 Å². The van der Waals surface area contributed by atoms with Crippen LogP contribution in [0.1, 0.15) is 64.7 Å². The summed E-state index contributed by atoms with van der Waals surface area (Å²) in [6, 6.07) is 0. The monoisotopic (exact) mass is 398 g/mol. The molecule has 26 heavy (non-hydrogen) atoms. The fourth-order valence-corrected chi connectivity index (χ4v) is 7.79. The van der Waals surface area contributed by atoms with Crippen molar-refractivity contribution in [1.82, 2.24) is 0 Å². The molecule has 0 amide bonds. The van der Waals surface area contributed by atoms with Crippen molar-refractivity contribution in [3.05, 3.63) is 24.3 Å². The van der Waals surface area contributed by atoms with E-state index in [2.05, 4.69) is 46.8 Å². The molecule has 3 nitrogen and oxygen atoms in total. The maximum absolute atomic E-state index is 11.1. The van der Waals surface area contributed by atoms with E-state index >= 15 is 0 Å². The van der Waals surface area contributed by atoms with Gasteiger partial charge in [0.2, 0.25) is 0 Å². The van der Waals surface area contributed by atoms with Gasteiger partial charge in [-0.3, -0.25) is 4.79 Å². The zero-order chi connectivity index (χ0) is 18.8. The Labute approximate surface area is 166 Å². The van der Waals surface area contributed by atoms with Gasteiger partial charge in [0, 0.05) is 16.9 Å². The molecular formula is C21H34O3S2. The van der Waals surface area contributed by atoms with Gasteiger partial charge in [-0.2, -0.15) is 0 Å². The van der Waals surface area contributed by atoms with Gasteiger partial charge < -0.3 is 9.84 Å². The van der Waals surface area contributed by atoms with E-state index < -0.39 is 0 Å². The van der Waals surface area contributed by atoms with Crippen LogP contribution in [0, 0.1) is 11.8 Å². The maximum atomic E-state index is 11.1. The maximum Gasteiger partial charge on any atom is 0.305 e. The summed E-state index contributed by atoms with van der Waals surface area (Å²) in [5, 5.41) is 11.6. The lowest BCUT2D eigenvalue weighted by atomic mass is 9.91. The second kappa shape index (κ2) is 12.1. The van der Waals surface area contributed by atoms with Crippen molar-refractivity contribution < 1.29 is 14.6 Å². The first-order valence-corrected chi connectivity index (χ1v) is 12.3. The zero-order valence-corrected chi connectivity index (χ0v) is 17.8. The number of fused-ring (bicyclic) bond motifs is 2. The molecule has 2 aliphatic rings. The number of ether oxygens (including phenoxy) is 1. The van der Waals surface area contributed by atoms with Crippen LogP contribution in [0.2, 0.25) is 0 Å². The lowest BCUT2D eigenvalue weighted by molar-refractivity contribution is -0.140. The van der Waals surface area contributed by atoms with Crippen LogP contribution in [-0.4, -0.2) is 34.8 Å². The third-order valence-corrected chi connectivity index (χ3v) is 8.85. The number of carbonyl (C=O) groups is 1. The van der Waals surface area contributed by atoms with Crippen molar-refractivity contribution in [2.45, 2.75) is 81.3 Å². The molecule has 0 unspecified atom stereocenters.